The summed E-state index contributed by atoms with van der Waals surface area (Å²) >= 11 is 1.67. The van der Waals surface area contributed by atoms with Crippen LogP contribution in [0.2, 0.25) is 0 Å². The number of aromatic nitrogens is 2. The number of rotatable bonds is 8. The molecule has 29 heavy (non-hydrogen) atoms. The minimum absolute atomic E-state index is 0.0140. The molecule has 4 rings (SSSR count). The number of aromatic amines is 1. The Morgan fingerprint density at radius 3 is 2.66 bits per heavy atom. The Hall–Kier alpha value is -2.31. The number of hydrogen-bond donors (Lipinski definition) is 2. The number of para-hydroxylation sites is 2. The second-order valence-corrected chi connectivity index (χ2v) is 8.52. The van der Waals surface area contributed by atoms with Crippen LogP contribution in [0.25, 0.3) is 11.0 Å². The number of fused-ring (bicyclic) bond motifs is 1. The summed E-state index contributed by atoms with van der Waals surface area (Å²) in [7, 11) is 0. The predicted octanol–water partition coefficient (Wildman–Crippen LogP) is 4.46. The van der Waals surface area contributed by atoms with Crippen LogP contribution in [0, 0.1) is 0 Å². The highest BCUT2D eigenvalue weighted by molar-refractivity contribution is 7.98. The molecule has 0 radical (unpaired) electrons. The fourth-order valence-electron chi connectivity index (χ4n) is 3.69. The highest BCUT2D eigenvalue weighted by Gasteiger charge is 2.10. The molecule has 0 spiro atoms. The predicted molar refractivity (Wildman–Crippen MR) is 119 cm³/mol. The third kappa shape index (κ3) is 5.61. The molecule has 0 aliphatic carbocycles. The number of H-pyrrole nitrogens is 1. The molecule has 2 N–H and O–H groups in total. The first kappa shape index (κ1) is 20.0. The van der Waals surface area contributed by atoms with Crippen LogP contribution in [0.3, 0.4) is 0 Å². The normalized spacial score (nSPS) is 14.9. The summed E-state index contributed by atoms with van der Waals surface area (Å²) < 4.78 is 0. The zero-order valence-corrected chi connectivity index (χ0v) is 17.5. The van der Waals surface area contributed by atoms with Crippen molar-refractivity contribution >= 4 is 28.7 Å². The lowest BCUT2D eigenvalue weighted by molar-refractivity contribution is 0.0951. The van der Waals surface area contributed by atoms with Crippen LogP contribution >= 0.6 is 11.8 Å². The molecule has 2 aromatic carbocycles. The van der Waals surface area contributed by atoms with Gasteiger partial charge in [-0.1, -0.05) is 42.4 Å². The zero-order chi connectivity index (χ0) is 19.9. The zero-order valence-electron chi connectivity index (χ0n) is 16.7. The molecule has 1 saturated heterocycles. The van der Waals surface area contributed by atoms with E-state index in [0.29, 0.717) is 0 Å². The van der Waals surface area contributed by atoms with Crippen LogP contribution in [0.5, 0.6) is 0 Å². The van der Waals surface area contributed by atoms with Gasteiger partial charge < -0.3 is 15.2 Å². The molecular formula is C23H28N4OS. The van der Waals surface area contributed by atoms with Gasteiger partial charge in [0.25, 0.3) is 5.91 Å². The Bertz CT molecular complexity index is 898. The average molecular weight is 409 g/mol. The van der Waals surface area contributed by atoms with Crippen LogP contribution in [0.4, 0.5) is 0 Å². The van der Waals surface area contributed by atoms with Crippen molar-refractivity contribution in [1.29, 1.82) is 0 Å². The minimum Gasteiger partial charge on any atom is -0.352 e. The lowest BCUT2D eigenvalue weighted by atomic mass is 10.1. The van der Waals surface area contributed by atoms with Crippen molar-refractivity contribution in [2.45, 2.75) is 36.6 Å². The molecule has 1 aliphatic heterocycles. The van der Waals surface area contributed by atoms with Crippen molar-refractivity contribution in [3.8, 4) is 0 Å². The lowest BCUT2D eigenvalue weighted by Gasteiger charge is -2.26. The van der Waals surface area contributed by atoms with E-state index in [9.17, 15) is 4.79 Å². The Morgan fingerprint density at radius 1 is 1.07 bits per heavy atom. The second-order valence-electron chi connectivity index (χ2n) is 7.56. The molecule has 1 aromatic heterocycles. The molecule has 0 bridgehead atoms. The molecule has 6 heteroatoms. The van der Waals surface area contributed by atoms with Gasteiger partial charge in [0.15, 0.2) is 5.16 Å². The highest BCUT2D eigenvalue weighted by atomic mass is 32.2. The van der Waals surface area contributed by atoms with Gasteiger partial charge >= 0.3 is 0 Å². The monoisotopic (exact) mass is 408 g/mol. The van der Waals surface area contributed by atoms with Gasteiger partial charge in [-0.05, 0) is 68.7 Å². The van der Waals surface area contributed by atoms with Crippen molar-refractivity contribution < 1.29 is 4.79 Å². The average Bonchev–Trinajstić information content (AvgIpc) is 3.19. The summed E-state index contributed by atoms with van der Waals surface area (Å²) in [4.78, 5) is 22.8. The SMILES string of the molecule is O=C(NCCCN1CCCCC1)c1ccc(CSc2nc3ccccc3[nH]2)cc1. The van der Waals surface area contributed by atoms with Crippen molar-refractivity contribution in [2.24, 2.45) is 0 Å². The fourth-order valence-corrected chi connectivity index (χ4v) is 4.53. The van der Waals surface area contributed by atoms with E-state index < -0.39 is 0 Å². The number of thioether (sulfide) groups is 1. The maximum Gasteiger partial charge on any atom is 0.251 e. The summed E-state index contributed by atoms with van der Waals surface area (Å²) in [5, 5.41) is 3.96. The minimum atomic E-state index is 0.0140. The van der Waals surface area contributed by atoms with Gasteiger partial charge in [0, 0.05) is 17.9 Å². The van der Waals surface area contributed by atoms with Gasteiger partial charge in [-0.15, -0.1) is 0 Å². The third-order valence-corrected chi connectivity index (χ3v) is 6.29. The topological polar surface area (TPSA) is 61.0 Å². The second kappa shape index (κ2) is 9.94. The summed E-state index contributed by atoms with van der Waals surface area (Å²) in [5.74, 6) is 0.831. The van der Waals surface area contributed by atoms with Crippen molar-refractivity contribution in [3.05, 3.63) is 59.7 Å². The number of carbonyl (C=O) groups is 1. The number of imidazole rings is 1. The van der Waals surface area contributed by atoms with Gasteiger partial charge in [-0.25, -0.2) is 4.98 Å². The summed E-state index contributed by atoms with van der Waals surface area (Å²) in [6.07, 6.45) is 5.00. The number of nitrogens with zero attached hydrogens (tertiary/aromatic N) is 2. The molecule has 0 saturated carbocycles. The maximum absolute atomic E-state index is 12.3. The Labute approximate surface area is 176 Å². The van der Waals surface area contributed by atoms with E-state index in [1.54, 1.807) is 11.8 Å². The Morgan fingerprint density at radius 2 is 1.86 bits per heavy atom. The van der Waals surface area contributed by atoms with Gasteiger partial charge in [-0.3, -0.25) is 4.79 Å². The third-order valence-electron chi connectivity index (χ3n) is 5.34. The molecule has 1 aliphatic rings. The van der Waals surface area contributed by atoms with E-state index in [0.717, 1.165) is 47.0 Å². The first-order chi connectivity index (χ1) is 14.3. The first-order valence-electron chi connectivity index (χ1n) is 10.4. The van der Waals surface area contributed by atoms with Gasteiger partial charge in [-0.2, -0.15) is 0 Å². The van der Waals surface area contributed by atoms with E-state index >= 15 is 0 Å². The number of benzene rings is 2. The van der Waals surface area contributed by atoms with Crippen LogP contribution in [0.15, 0.2) is 53.7 Å². The largest absolute Gasteiger partial charge is 0.352 e. The van der Waals surface area contributed by atoms with Crippen LogP contribution in [-0.4, -0.2) is 47.0 Å². The van der Waals surface area contributed by atoms with Gasteiger partial charge in [0.2, 0.25) is 0 Å². The van der Waals surface area contributed by atoms with E-state index in [4.69, 9.17) is 0 Å². The van der Waals surface area contributed by atoms with E-state index in [2.05, 4.69) is 20.2 Å². The van der Waals surface area contributed by atoms with Crippen molar-refractivity contribution in [2.75, 3.05) is 26.2 Å². The summed E-state index contributed by atoms with van der Waals surface area (Å²) in [6, 6.07) is 15.9. The number of likely N-dealkylation sites (tertiary alicyclic amines) is 1. The van der Waals surface area contributed by atoms with E-state index in [1.165, 1.54) is 37.9 Å². The van der Waals surface area contributed by atoms with E-state index in [1.807, 2.05) is 48.5 Å². The molecule has 1 fully saturated rings. The molecule has 2 heterocycles. The molecule has 5 nitrogen and oxygen atoms in total. The molecule has 0 unspecified atom stereocenters. The molecule has 3 aromatic rings. The van der Waals surface area contributed by atoms with Crippen LogP contribution < -0.4 is 5.32 Å². The molecular weight excluding hydrogens is 380 g/mol. The quantitative estimate of drug-likeness (QED) is 0.427. The Balaban J connectivity index is 1.21. The Kier molecular flexibility index (Phi) is 6.85. The summed E-state index contributed by atoms with van der Waals surface area (Å²) in [5.41, 5.74) is 3.95. The van der Waals surface area contributed by atoms with Crippen LogP contribution in [-0.2, 0) is 5.75 Å². The first-order valence-corrected chi connectivity index (χ1v) is 11.4. The van der Waals surface area contributed by atoms with E-state index in [-0.39, 0.29) is 5.91 Å². The number of amides is 1. The smallest absolute Gasteiger partial charge is 0.251 e. The van der Waals surface area contributed by atoms with Crippen molar-refractivity contribution in [1.82, 2.24) is 20.2 Å². The summed E-state index contributed by atoms with van der Waals surface area (Å²) in [6.45, 7) is 4.24. The number of carbonyl (C=O) groups excluding carboxylic acids is 1. The fraction of sp³-hybridized carbons (Fsp3) is 0.391. The van der Waals surface area contributed by atoms with Gasteiger partial charge in [0.05, 0.1) is 11.0 Å². The standard InChI is InChI=1S/C23H28N4OS/c28-22(24-13-6-16-27-14-4-1-5-15-27)19-11-9-18(10-12-19)17-29-23-25-20-7-2-3-8-21(20)26-23/h2-3,7-12H,1,4-6,13-17H2,(H,24,28)(H,25,26). The molecule has 152 valence electrons. The highest BCUT2D eigenvalue weighted by Crippen LogP contribution is 2.23. The number of piperidine rings is 1. The lowest BCUT2D eigenvalue weighted by Crippen LogP contribution is -2.33. The number of hydrogen-bond acceptors (Lipinski definition) is 4. The van der Waals surface area contributed by atoms with Crippen LogP contribution in [0.1, 0.15) is 41.6 Å². The van der Waals surface area contributed by atoms with Crippen molar-refractivity contribution in [3.63, 3.8) is 0 Å². The molecule has 1 amide bonds. The molecule has 0 atom stereocenters. The van der Waals surface area contributed by atoms with Gasteiger partial charge in [0.1, 0.15) is 0 Å². The maximum atomic E-state index is 12.3. The number of nitrogens with one attached hydrogen (secondary N) is 2.